The van der Waals surface area contributed by atoms with E-state index in [2.05, 4.69) is 36.3 Å². The Morgan fingerprint density at radius 1 is 1.36 bits per heavy atom. The zero-order chi connectivity index (χ0) is 16.4. The van der Waals surface area contributed by atoms with Gasteiger partial charge in [0.15, 0.2) is 0 Å². The van der Waals surface area contributed by atoms with Crippen LogP contribution in [0.15, 0.2) is 12.3 Å². The number of hydrogen-bond acceptors (Lipinski definition) is 3. The number of anilines is 1. The normalized spacial score (nSPS) is 12.7. The molecule has 7 heteroatoms. The molecule has 0 radical (unpaired) electrons. The van der Waals surface area contributed by atoms with E-state index in [1.54, 1.807) is 16.9 Å². The Morgan fingerprint density at radius 3 is 2.59 bits per heavy atom. The van der Waals surface area contributed by atoms with Crippen LogP contribution in [-0.2, 0) is 11.3 Å². The Hall–Kier alpha value is -1.82. The maximum Gasteiger partial charge on any atom is 0.247 e. The SMILES string of the molecule is Cc1nn(CC(=O)Nc2ccnn2C(C)C(C)C)c(C)c1Cl. The van der Waals surface area contributed by atoms with Crippen LogP contribution in [0.4, 0.5) is 5.82 Å². The van der Waals surface area contributed by atoms with Crippen molar-refractivity contribution < 1.29 is 4.79 Å². The van der Waals surface area contributed by atoms with Crippen LogP contribution in [0, 0.1) is 19.8 Å². The van der Waals surface area contributed by atoms with Crippen LogP contribution < -0.4 is 5.32 Å². The molecule has 0 bridgehead atoms. The third-order valence-corrected chi connectivity index (χ3v) is 4.42. The fourth-order valence-corrected chi connectivity index (χ4v) is 2.30. The maximum absolute atomic E-state index is 12.2. The van der Waals surface area contributed by atoms with Crippen molar-refractivity contribution in [1.82, 2.24) is 19.6 Å². The lowest BCUT2D eigenvalue weighted by molar-refractivity contribution is -0.117. The van der Waals surface area contributed by atoms with Crippen LogP contribution in [0.5, 0.6) is 0 Å². The first-order valence-electron chi connectivity index (χ1n) is 7.34. The summed E-state index contributed by atoms with van der Waals surface area (Å²) in [6.07, 6.45) is 1.69. The topological polar surface area (TPSA) is 64.7 Å². The fourth-order valence-electron chi connectivity index (χ4n) is 2.17. The highest BCUT2D eigenvalue weighted by atomic mass is 35.5. The third kappa shape index (κ3) is 3.32. The van der Waals surface area contributed by atoms with Gasteiger partial charge in [0, 0.05) is 6.07 Å². The molecule has 0 spiro atoms. The van der Waals surface area contributed by atoms with Crippen molar-refractivity contribution in [2.24, 2.45) is 5.92 Å². The molecular formula is C15H22ClN5O. The number of aryl methyl sites for hydroxylation is 1. The Kier molecular flexibility index (Phi) is 4.90. The molecular weight excluding hydrogens is 302 g/mol. The Bertz CT molecular complexity index is 674. The van der Waals surface area contributed by atoms with E-state index in [1.807, 2.05) is 18.5 Å². The Morgan fingerprint density at radius 2 is 2.05 bits per heavy atom. The van der Waals surface area contributed by atoms with E-state index < -0.39 is 0 Å². The van der Waals surface area contributed by atoms with Crippen molar-refractivity contribution in [3.63, 3.8) is 0 Å². The summed E-state index contributed by atoms with van der Waals surface area (Å²) in [5, 5.41) is 12.0. The summed E-state index contributed by atoms with van der Waals surface area (Å²) in [6, 6.07) is 2.00. The number of nitrogens with one attached hydrogen (secondary N) is 1. The van der Waals surface area contributed by atoms with Crippen LogP contribution in [0.25, 0.3) is 0 Å². The molecule has 2 rings (SSSR count). The van der Waals surface area contributed by atoms with Crippen molar-refractivity contribution in [3.05, 3.63) is 28.7 Å². The summed E-state index contributed by atoms with van der Waals surface area (Å²) in [6.45, 7) is 10.1. The Labute approximate surface area is 135 Å². The highest BCUT2D eigenvalue weighted by Gasteiger charge is 2.17. The molecule has 22 heavy (non-hydrogen) atoms. The van der Waals surface area contributed by atoms with Gasteiger partial charge in [0.05, 0.1) is 28.6 Å². The average molecular weight is 324 g/mol. The summed E-state index contributed by atoms with van der Waals surface area (Å²) in [5.41, 5.74) is 1.52. The second-order valence-corrected chi connectivity index (χ2v) is 6.21. The van der Waals surface area contributed by atoms with Gasteiger partial charge in [0.25, 0.3) is 0 Å². The number of aromatic nitrogens is 4. The lowest BCUT2D eigenvalue weighted by Crippen LogP contribution is -2.23. The van der Waals surface area contributed by atoms with Gasteiger partial charge in [-0.15, -0.1) is 0 Å². The van der Waals surface area contributed by atoms with E-state index in [4.69, 9.17) is 11.6 Å². The van der Waals surface area contributed by atoms with Gasteiger partial charge in [0.2, 0.25) is 5.91 Å². The van der Waals surface area contributed by atoms with Crippen LogP contribution in [0.2, 0.25) is 5.02 Å². The van der Waals surface area contributed by atoms with E-state index in [0.717, 1.165) is 11.4 Å². The largest absolute Gasteiger partial charge is 0.309 e. The molecule has 0 saturated heterocycles. The molecule has 1 atom stereocenters. The molecule has 2 heterocycles. The standard InChI is InChI=1S/C15H22ClN5O/c1-9(2)11(4)21-13(6-7-17-21)18-14(22)8-20-12(5)15(16)10(3)19-20/h6-7,9,11H,8H2,1-5H3,(H,18,22). The summed E-state index contributed by atoms with van der Waals surface area (Å²) < 4.78 is 3.44. The molecule has 1 unspecified atom stereocenters. The van der Waals surface area contributed by atoms with Gasteiger partial charge in [-0.05, 0) is 26.7 Å². The van der Waals surface area contributed by atoms with Gasteiger partial charge < -0.3 is 5.32 Å². The first-order valence-corrected chi connectivity index (χ1v) is 7.72. The molecule has 2 aromatic heterocycles. The number of nitrogens with zero attached hydrogens (tertiary/aromatic N) is 4. The zero-order valence-electron chi connectivity index (χ0n) is 13.6. The van der Waals surface area contributed by atoms with Gasteiger partial charge in [0.1, 0.15) is 12.4 Å². The molecule has 2 aromatic rings. The van der Waals surface area contributed by atoms with E-state index in [0.29, 0.717) is 16.8 Å². The lowest BCUT2D eigenvalue weighted by atomic mass is 10.1. The Balaban J connectivity index is 2.10. The molecule has 1 amide bonds. The van der Waals surface area contributed by atoms with Crippen LogP contribution in [0.1, 0.15) is 38.2 Å². The third-order valence-electron chi connectivity index (χ3n) is 3.87. The number of halogens is 1. The predicted molar refractivity (Wildman–Crippen MR) is 87.1 cm³/mol. The number of carbonyl (C=O) groups excluding carboxylic acids is 1. The van der Waals surface area contributed by atoms with E-state index in [1.165, 1.54) is 0 Å². The first-order chi connectivity index (χ1) is 10.3. The van der Waals surface area contributed by atoms with Gasteiger partial charge in [-0.2, -0.15) is 10.2 Å². The predicted octanol–water partition coefficient (Wildman–Crippen LogP) is 3.21. The minimum Gasteiger partial charge on any atom is -0.309 e. The second kappa shape index (κ2) is 6.52. The van der Waals surface area contributed by atoms with Gasteiger partial charge >= 0.3 is 0 Å². The van der Waals surface area contributed by atoms with E-state index in [9.17, 15) is 4.79 Å². The average Bonchev–Trinajstić information content (AvgIpc) is 2.99. The van der Waals surface area contributed by atoms with Crippen molar-refractivity contribution in [2.45, 2.75) is 47.2 Å². The summed E-state index contributed by atoms with van der Waals surface area (Å²) in [5.74, 6) is 0.962. The maximum atomic E-state index is 12.2. The summed E-state index contributed by atoms with van der Waals surface area (Å²) in [4.78, 5) is 12.2. The smallest absolute Gasteiger partial charge is 0.247 e. The second-order valence-electron chi connectivity index (χ2n) is 5.84. The van der Waals surface area contributed by atoms with Crippen molar-refractivity contribution in [2.75, 3.05) is 5.32 Å². The highest BCUT2D eigenvalue weighted by Crippen LogP contribution is 2.21. The van der Waals surface area contributed by atoms with Gasteiger partial charge in [-0.3, -0.25) is 9.48 Å². The first kappa shape index (κ1) is 16.5. The molecule has 0 aliphatic carbocycles. The van der Waals surface area contributed by atoms with E-state index >= 15 is 0 Å². The quantitative estimate of drug-likeness (QED) is 0.919. The van der Waals surface area contributed by atoms with E-state index in [-0.39, 0.29) is 18.5 Å². The van der Waals surface area contributed by atoms with Crippen molar-refractivity contribution in [3.8, 4) is 0 Å². The number of carbonyl (C=O) groups is 1. The van der Waals surface area contributed by atoms with Crippen LogP contribution in [-0.4, -0.2) is 25.5 Å². The monoisotopic (exact) mass is 323 g/mol. The molecule has 6 nitrogen and oxygen atoms in total. The molecule has 0 aromatic carbocycles. The van der Waals surface area contributed by atoms with Crippen LogP contribution >= 0.6 is 11.6 Å². The molecule has 0 fully saturated rings. The lowest BCUT2D eigenvalue weighted by Gasteiger charge is -2.19. The van der Waals surface area contributed by atoms with Crippen LogP contribution in [0.3, 0.4) is 0 Å². The number of amides is 1. The number of hydrogen-bond donors (Lipinski definition) is 1. The van der Waals surface area contributed by atoms with Gasteiger partial charge in [-0.25, -0.2) is 4.68 Å². The minimum atomic E-state index is -0.153. The molecule has 0 aliphatic rings. The summed E-state index contributed by atoms with van der Waals surface area (Å²) in [7, 11) is 0. The number of rotatable bonds is 5. The zero-order valence-corrected chi connectivity index (χ0v) is 14.3. The van der Waals surface area contributed by atoms with Gasteiger partial charge in [-0.1, -0.05) is 25.4 Å². The summed E-state index contributed by atoms with van der Waals surface area (Å²) >= 11 is 6.10. The molecule has 0 saturated carbocycles. The minimum absolute atomic E-state index is 0.126. The highest BCUT2D eigenvalue weighted by molar-refractivity contribution is 6.31. The molecule has 120 valence electrons. The van der Waals surface area contributed by atoms with Crippen molar-refractivity contribution in [1.29, 1.82) is 0 Å². The molecule has 0 aliphatic heterocycles. The van der Waals surface area contributed by atoms with Crippen molar-refractivity contribution >= 4 is 23.3 Å². The fraction of sp³-hybridized carbons (Fsp3) is 0.533. The molecule has 1 N–H and O–H groups in total.